The van der Waals surface area contributed by atoms with Gasteiger partial charge in [-0.25, -0.2) is 0 Å². The van der Waals surface area contributed by atoms with Crippen molar-refractivity contribution >= 4 is 30.3 Å². The van der Waals surface area contributed by atoms with Crippen LogP contribution in [-0.4, -0.2) is 18.2 Å². The Hall–Kier alpha value is -1.82. The van der Waals surface area contributed by atoms with Gasteiger partial charge in [-0.3, -0.25) is 0 Å². The largest absolute Gasteiger partial charge is 0.405 e. The molecule has 0 radical (unpaired) electrons. The highest BCUT2D eigenvalue weighted by atomic mass is 28.4. The molecule has 5 heteroatoms. The Morgan fingerprint density at radius 3 is 1.41 bits per heavy atom. The van der Waals surface area contributed by atoms with Gasteiger partial charge in [0.25, 0.3) is 0 Å². The fourth-order valence-corrected chi connectivity index (χ4v) is 3.69. The molecule has 2 aromatic carbocycles. The van der Waals surface area contributed by atoms with Crippen LogP contribution in [0, 0.1) is 0 Å². The molecular formula is C12H14N2O2Si. The minimum atomic E-state index is -3.79. The maximum Gasteiger partial charge on any atom is 0.405 e. The summed E-state index contributed by atoms with van der Waals surface area (Å²) in [4.78, 5) is 20.7. The smallest absolute Gasteiger partial charge is 0.404 e. The Kier molecular flexibility index (Phi) is 2.89. The maximum atomic E-state index is 10.4. The summed E-state index contributed by atoms with van der Waals surface area (Å²) in [5, 5.41) is 0.718. The minimum Gasteiger partial charge on any atom is -0.404 e. The quantitative estimate of drug-likeness (QED) is 0.420. The van der Waals surface area contributed by atoms with Crippen LogP contribution in [0.1, 0.15) is 0 Å². The third kappa shape index (κ3) is 2.03. The Balaban J connectivity index is 2.58. The monoisotopic (exact) mass is 246 g/mol. The van der Waals surface area contributed by atoms with Crippen LogP contribution in [-0.2, 0) is 0 Å². The molecule has 17 heavy (non-hydrogen) atoms. The Morgan fingerprint density at radius 1 is 0.706 bits per heavy atom. The zero-order chi connectivity index (χ0) is 12.5. The van der Waals surface area contributed by atoms with Gasteiger partial charge in [0.2, 0.25) is 0 Å². The number of rotatable bonds is 2. The topological polar surface area (TPSA) is 92.5 Å². The van der Waals surface area contributed by atoms with E-state index in [0.717, 1.165) is 0 Å². The van der Waals surface area contributed by atoms with Crippen LogP contribution in [0.3, 0.4) is 0 Å². The van der Waals surface area contributed by atoms with E-state index in [-0.39, 0.29) is 0 Å². The van der Waals surface area contributed by atoms with Crippen LogP contribution in [0.15, 0.2) is 48.5 Å². The van der Waals surface area contributed by atoms with Crippen LogP contribution in [0.4, 0.5) is 11.4 Å². The first-order valence-electron chi connectivity index (χ1n) is 5.18. The maximum absolute atomic E-state index is 10.4. The third-order valence-electron chi connectivity index (χ3n) is 2.67. The molecule has 4 nitrogen and oxygen atoms in total. The van der Waals surface area contributed by atoms with Crippen LogP contribution in [0.5, 0.6) is 0 Å². The molecule has 0 fully saturated rings. The molecule has 0 saturated heterocycles. The van der Waals surface area contributed by atoms with Crippen molar-refractivity contribution in [3.63, 3.8) is 0 Å². The van der Waals surface area contributed by atoms with Crippen LogP contribution >= 0.6 is 0 Å². The van der Waals surface area contributed by atoms with Gasteiger partial charge < -0.3 is 21.1 Å². The molecule has 0 unspecified atom stereocenters. The number of hydrogen-bond acceptors (Lipinski definition) is 4. The number of nitrogen functional groups attached to an aromatic ring is 2. The lowest BCUT2D eigenvalue weighted by molar-refractivity contribution is 0.402. The second-order valence-corrected chi connectivity index (χ2v) is 6.27. The molecule has 6 N–H and O–H groups in total. The summed E-state index contributed by atoms with van der Waals surface area (Å²) in [7, 11) is -3.79. The number of anilines is 2. The first-order valence-corrected chi connectivity index (χ1v) is 7.07. The molecule has 0 aromatic heterocycles. The van der Waals surface area contributed by atoms with Gasteiger partial charge in [-0.05, 0) is 12.1 Å². The minimum absolute atomic E-state index is 0.359. The standard InChI is InChI=1S/C12H14N2O2Si/c13-9-5-1-3-7-11(9)17(15,16)12-8-4-2-6-10(12)14/h1-8,15-16H,13-14H2. The van der Waals surface area contributed by atoms with Crippen molar-refractivity contribution in [2.75, 3.05) is 11.5 Å². The van der Waals surface area contributed by atoms with Crippen molar-refractivity contribution < 1.29 is 9.59 Å². The van der Waals surface area contributed by atoms with E-state index in [1.54, 1.807) is 48.5 Å². The number of benzene rings is 2. The second-order valence-electron chi connectivity index (χ2n) is 3.85. The lowest BCUT2D eigenvalue weighted by Gasteiger charge is -2.21. The van der Waals surface area contributed by atoms with Crippen LogP contribution in [0.2, 0.25) is 0 Å². The summed E-state index contributed by atoms with van der Waals surface area (Å²) >= 11 is 0. The van der Waals surface area contributed by atoms with Crippen molar-refractivity contribution in [2.45, 2.75) is 0 Å². The molecule has 0 bridgehead atoms. The molecule has 0 aliphatic heterocycles. The average Bonchev–Trinajstić information content (AvgIpc) is 2.29. The molecule has 0 heterocycles. The van der Waals surface area contributed by atoms with Crippen molar-refractivity contribution in [1.82, 2.24) is 0 Å². The lowest BCUT2D eigenvalue weighted by Crippen LogP contribution is -2.60. The van der Waals surface area contributed by atoms with Gasteiger partial charge in [0.15, 0.2) is 0 Å². The summed E-state index contributed by atoms with van der Waals surface area (Å²) in [5.74, 6) is 0. The molecule has 0 spiro atoms. The molecule has 88 valence electrons. The van der Waals surface area contributed by atoms with Crippen LogP contribution < -0.4 is 21.8 Å². The van der Waals surface area contributed by atoms with E-state index in [4.69, 9.17) is 11.5 Å². The molecule has 0 atom stereocenters. The lowest BCUT2D eigenvalue weighted by atomic mass is 10.3. The van der Waals surface area contributed by atoms with Gasteiger partial charge >= 0.3 is 8.56 Å². The average molecular weight is 246 g/mol. The summed E-state index contributed by atoms with van der Waals surface area (Å²) in [6.45, 7) is 0. The number of nitrogens with two attached hydrogens (primary N) is 2. The number of para-hydroxylation sites is 2. The molecule has 2 aromatic rings. The van der Waals surface area contributed by atoms with E-state index >= 15 is 0 Å². The van der Waals surface area contributed by atoms with E-state index < -0.39 is 8.56 Å². The van der Waals surface area contributed by atoms with Gasteiger partial charge in [0.1, 0.15) is 0 Å². The zero-order valence-corrected chi connectivity index (χ0v) is 10.2. The van der Waals surface area contributed by atoms with Crippen LogP contribution in [0.25, 0.3) is 0 Å². The van der Waals surface area contributed by atoms with Gasteiger partial charge in [0, 0.05) is 21.7 Å². The van der Waals surface area contributed by atoms with E-state index in [1.165, 1.54) is 0 Å². The van der Waals surface area contributed by atoms with Crippen molar-refractivity contribution in [3.05, 3.63) is 48.5 Å². The fourth-order valence-electron chi connectivity index (χ4n) is 1.77. The molecule has 2 rings (SSSR count). The Bertz CT molecular complexity index is 496. The predicted octanol–water partition coefficient (Wildman–Crippen LogP) is -0.608. The first kappa shape index (κ1) is 11.7. The van der Waals surface area contributed by atoms with Crippen molar-refractivity contribution in [3.8, 4) is 0 Å². The first-order chi connectivity index (χ1) is 8.03. The van der Waals surface area contributed by atoms with Gasteiger partial charge in [-0.15, -0.1) is 0 Å². The molecule has 0 aliphatic rings. The zero-order valence-electron chi connectivity index (χ0n) is 9.17. The third-order valence-corrected chi connectivity index (χ3v) is 5.09. The van der Waals surface area contributed by atoms with E-state index in [0.29, 0.717) is 21.7 Å². The van der Waals surface area contributed by atoms with Gasteiger partial charge in [-0.2, -0.15) is 0 Å². The van der Waals surface area contributed by atoms with Crippen molar-refractivity contribution in [2.24, 2.45) is 0 Å². The fraction of sp³-hybridized carbons (Fsp3) is 0. The van der Waals surface area contributed by atoms with E-state index in [1.807, 2.05) is 0 Å². The van der Waals surface area contributed by atoms with E-state index in [2.05, 4.69) is 0 Å². The highest BCUT2D eigenvalue weighted by Crippen LogP contribution is 2.08. The van der Waals surface area contributed by atoms with Gasteiger partial charge in [-0.1, -0.05) is 36.4 Å². The van der Waals surface area contributed by atoms with Gasteiger partial charge in [0.05, 0.1) is 0 Å². The molecule has 0 saturated carbocycles. The Morgan fingerprint density at radius 2 is 1.06 bits per heavy atom. The summed E-state index contributed by atoms with van der Waals surface area (Å²) in [5.41, 5.74) is 12.3. The molecule has 0 amide bonds. The molecular weight excluding hydrogens is 232 g/mol. The number of hydrogen-bond donors (Lipinski definition) is 4. The van der Waals surface area contributed by atoms with Crippen molar-refractivity contribution in [1.29, 1.82) is 0 Å². The highest BCUT2D eigenvalue weighted by molar-refractivity contribution is 6.92. The summed E-state index contributed by atoms with van der Waals surface area (Å²) < 4.78 is 0. The normalized spacial score (nSPS) is 11.4. The van der Waals surface area contributed by atoms with E-state index in [9.17, 15) is 9.59 Å². The summed E-state index contributed by atoms with van der Waals surface area (Å²) in [6, 6.07) is 13.5. The SMILES string of the molecule is Nc1ccccc1[Si](O)(O)c1ccccc1N. The summed E-state index contributed by atoms with van der Waals surface area (Å²) in [6.07, 6.45) is 0. The Labute approximate surface area is 100 Å². The predicted molar refractivity (Wildman–Crippen MR) is 71.2 cm³/mol. The highest BCUT2D eigenvalue weighted by Gasteiger charge is 2.37. The second kappa shape index (κ2) is 4.21. The molecule has 0 aliphatic carbocycles.